The van der Waals surface area contributed by atoms with Gasteiger partial charge in [0.2, 0.25) is 0 Å². The first-order chi connectivity index (χ1) is 9.04. The van der Waals surface area contributed by atoms with Gasteiger partial charge in [0.05, 0.1) is 0 Å². The number of rotatable bonds is 2. The molecule has 0 aromatic rings. The molecule has 2 fully saturated rings. The third kappa shape index (κ3) is 3.18. The molecule has 2 bridgehead atoms. The summed E-state index contributed by atoms with van der Waals surface area (Å²) in [6.07, 6.45) is -8.48. The number of hydrogen-bond acceptors (Lipinski definition) is 1. The minimum Gasteiger partial charge on any atom is -0.374 e. The van der Waals surface area contributed by atoms with Gasteiger partial charge in [0.15, 0.2) is 0 Å². The van der Waals surface area contributed by atoms with Gasteiger partial charge in [-0.1, -0.05) is 6.42 Å². The van der Waals surface area contributed by atoms with Crippen LogP contribution in [0.3, 0.4) is 0 Å². The average Bonchev–Trinajstić information content (AvgIpc) is 2.90. The summed E-state index contributed by atoms with van der Waals surface area (Å²) in [5, 5.41) is 9.12. The van der Waals surface area contributed by atoms with Crippen molar-refractivity contribution in [3.63, 3.8) is 0 Å². The first kappa shape index (κ1) is 17.9. The molecule has 1 N–H and O–H groups in total. The van der Waals surface area contributed by atoms with E-state index in [-0.39, 0.29) is 11.8 Å². The van der Waals surface area contributed by atoms with Crippen LogP contribution >= 0.6 is 11.6 Å². The minimum atomic E-state index is -5.67. The number of alkyl halides is 7. The Morgan fingerprint density at radius 3 is 1.75 bits per heavy atom. The summed E-state index contributed by atoms with van der Waals surface area (Å²) in [6, 6.07) is 0. The van der Waals surface area contributed by atoms with Crippen molar-refractivity contribution >= 4 is 11.6 Å². The zero-order valence-electron chi connectivity index (χ0n) is 10.9. The van der Waals surface area contributed by atoms with Crippen LogP contribution in [0.1, 0.15) is 32.1 Å². The predicted molar refractivity (Wildman–Crippen MR) is 62.4 cm³/mol. The van der Waals surface area contributed by atoms with E-state index >= 15 is 0 Å². The lowest BCUT2D eigenvalue weighted by atomic mass is 9.79. The van der Waals surface area contributed by atoms with Gasteiger partial charge in [-0.25, -0.2) is 0 Å². The highest BCUT2D eigenvalue weighted by atomic mass is 35.5. The molecule has 2 aliphatic carbocycles. The van der Waals surface area contributed by atoms with Crippen LogP contribution in [0.25, 0.3) is 0 Å². The molecule has 2 saturated carbocycles. The van der Waals surface area contributed by atoms with Crippen LogP contribution in [-0.2, 0) is 0 Å². The number of hydrogen-bond donors (Lipinski definition) is 1. The molecule has 0 aromatic carbocycles. The molecule has 0 radical (unpaired) electrons. The van der Waals surface area contributed by atoms with Crippen molar-refractivity contribution in [1.29, 1.82) is 0 Å². The molecule has 0 aromatic heterocycles. The Bertz CT molecular complexity index is 313. The third-order valence-electron chi connectivity index (χ3n) is 4.38. The smallest absolute Gasteiger partial charge is 0.374 e. The van der Waals surface area contributed by atoms with Crippen molar-refractivity contribution in [2.75, 3.05) is 6.38 Å². The summed E-state index contributed by atoms with van der Waals surface area (Å²) in [5.41, 5.74) is -4.56. The second-order valence-electron chi connectivity index (χ2n) is 5.49. The Kier molecular flexibility index (Phi) is 5.28. The average molecular weight is 327 g/mol. The Labute approximate surface area is 118 Å². The Morgan fingerprint density at radius 2 is 1.45 bits per heavy atom. The summed E-state index contributed by atoms with van der Waals surface area (Å²) >= 11 is 4.64. The van der Waals surface area contributed by atoms with Gasteiger partial charge in [0.1, 0.15) is 0 Å². The molecular formula is C12H17ClF6O. The molecule has 20 heavy (non-hydrogen) atoms. The molecular weight excluding hydrogens is 310 g/mol. The molecule has 0 spiro atoms. The van der Waals surface area contributed by atoms with Gasteiger partial charge < -0.3 is 5.11 Å². The standard InChI is InChI=1S/C11H14F6O.CH3Cl/c12-10(13,14)9(18,11(15,16)17)5-8-4-6-1-2-7(8)3-6;1-2/h6-8,18H,1-5H2;1H3. The van der Waals surface area contributed by atoms with E-state index in [2.05, 4.69) is 11.6 Å². The zero-order chi connectivity index (χ0) is 15.8. The van der Waals surface area contributed by atoms with Crippen LogP contribution < -0.4 is 0 Å². The first-order valence-corrected chi connectivity index (χ1v) is 7.04. The van der Waals surface area contributed by atoms with Crippen LogP contribution in [0.4, 0.5) is 26.3 Å². The summed E-state index contributed by atoms with van der Waals surface area (Å²) in [4.78, 5) is 0. The highest BCUT2D eigenvalue weighted by Crippen LogP contribution is 2.55. The lowest BCUT2D eigenvalue weighted by molar-refractivity contribution is -0.373. The van der Waals surface area contributed by atoms with Crippen molar-refractivity contribution in [2.45, 2.75) is 50.1 Å². The van der Waals surface area contributed by atoms with Gasteiger partial charge in [0, 0.05) is 6.38 Å². The highest BCUT2D eigenvalue weighted by molar-refractivity contribution is 6.15. The molecule has 0 amide bonds. The molecule has 3 unspecified atom stereocenters. The SMILES string of the molecule is CCl.OC(CC1CC2CCC1C2)(C(F)(F)F)C(F)(F)F. The molecule has 8 heteroatoms. The van der Waals surface area contributed by atoms with Crippen molar-refractivity contribution in [2.24, 2.45) is 17.8 Å². The Hall–Kier alpha value is -0.170. The summed E-state index contributed by atoms with van der Waals surface area (Å²) in [5.74, 6) is -0.519. The van der Waals surface area contributed by atoms with Gasteiger partial charge in [-0.3, -0.25) is 0 Å². The highest BCUT2D eigenvalue weighted by Gasteiger charge is 2.71. The minimum absolute atomic E-state index is 0.0915. The van der Waals surface area contributed by atoms with Gasteiger partial charge >= 0.3 is 12.4 Å². The molecule has 1 nitrogen and oxygen atoms in total. The van der Waals surface area contributed by atoms with Crippen LogP contribution in [0.5, 0.6) is 0 Å². The van der Waals surface area contributed by atoms with Crippen LogP contribution in [0.2, 0.25) is 0 Å². The maximum Gasteiger partial charge on any atom is 0.426 e. The van der Waals surface area contributed by atoms with E-state index in [1.54, 1.807) is 0 Å². The molecule has 2 rings (SSSR count). The molecule has 0 heterocycles. The van der Waals surface area contributed by atoms with Crippen molar-refractivity contribution in [3.8, 4) is 0 Å². The molecule has 0 saturated heterocycles. The molecule has 0 aliphatic heterocycles. The van der Waals surface area contributed by atoms with Crippen molar-refractivity contribution in [1.82, 2.24) is 0 Å². The van der Waals surface area contributed by atoms with E-state index in [1.807, 2.05) is 0 Å². The zero-order valence-corrected chi connectivity index (χ0v) is 11.6. The van der Waals surface area contributed by atoms with E-state index in [0.29, 0.717) is 19.3 Å². The first-order valence-electron chi connectivity index (χ1n) is 6.28. The molecule has 2 aliphatic rings. The van der Waals surface area contributed by atoms with Crippen LogP contribution in [-0.4, -0.2) is 29.4 Å². The van der Waals surface area contributed by atoms with Crippen molar-refractivity contribution < 1.29 is 31.4 Å². The fourth-order valence-corrected chi connectivity index (χ4v) is 3.40. The Balaban J connectivity index is 0.000000956. The monoisotopic (exact) mass is 326 g/mol. The van der Waals surface area contributed by atoms with Gasteiger partial charge in [-0.05, 0) is 43.4 Å². The topological polar surface area (TPSA) is 20.2 Å². The third-order valence-corrected chi connectivity index (χ3v) is 4.38. The predicted octanol–water partition coefficient (Wildman–Crippen LogP) is 4.52. The fraction of sp³-hybridized carbons (Fsp3) is 1.00. The fourth-order valence-electron chi connectivity index (χ4n) is 3.40. The van der Waals surface area contributed by atoms with Gasteiger partial charge in [-0.15, -0.1) is 11.6 Å². The Morgan fingerprint density at radius 1 is 0.950 bits per heavy atom. The van der Waals surface area contributed by atoms with Crippen LogP contribution in [0, 0.1) is 17.8 Å². The van der Waals surface area contributed by atoms with E-state index in [4.69, 9.17) is 5.11 Å². The quantitative estimate of drug-likeness (QED) is 0.584. The van der Waals surface area contributed by atoms with E-state index in [9.17, 15) is 26.3 Å². The maximum atomic E-state index is 12.5. The summed E-state index contributed by atoms with van der Waals surface area (Å²) < 4.78 is 75.2. The lowest BCUT2D eigenvalue weighted by Gasteiger charge is -2.36. The maximum absolute atomic E-state index is 12.5. The normalized spacial score (nSPS) is 30.1. The molecule has 120 valence electrons. The largest absolute Gasteiger partial charge is 0.426 e. The van der Waals surface area contributed by atoms with E-state index in [1.165, 1.54) is 6.38 Å². The second-order valence-corrected chi connectivity index (χ2v) is 5.49. The number of halogens is 7. The van der Waals surface area contributed by atoms with Crippen molar-refractivity contribution in [3.05, 3.63) is 0 Å². The number of fused-ring (bicyclic) bond motifs is 2. The lowest BCUT2D eigenvalue weighted by Crippen LogP contribution is -2.58. The van der Waals surface area contributed by atoms with Gasteiger partial charge in [-0.2, -0.15) is 26.3 Å². The summed E-state index contributed by atoms with van der Waals surface area (Å²) in [7, 11) is 0. The van der Waals surface area contributed by atoms with E-state index < -0.39 is 30.3 Å². The van der Waals surface area contributed by atoms with Crippen LogP contribution in [0.15, 0.2) is 0 Å². The summed E-state index contributed by atoms with van der Waals surface area (Å²) in [6.45, 7) is 0. The molecule has 3 atom stereocenters. The number of aliphatic hydroxyl groups is 1. The van der Waals surface area contributed by atoms with Gasteiger partial charge in [0.25, 0.3) is 5.60 Å². The van der Waals surface area contributed by atoms with E-state index in [0.717, 1.165) is 6.42 Å². The second kappa shape index (κ2) is 5.91.